The monoisotopic (exact) mass is 256 g/mol. The zero-order valence-corrected chi connectivity index (χ0v) is 12.3. The molecule has 1 atom stereocenters. The molecule has 1 aliphatic heterocycles. The highest BCUT2D eigenvalue weighted by atomic mass is 16.5. The molecule has 0 bridgehead atoms. The van der Waals surface area contributed by atoms with Gasteiger partial charge in [0.25, 0.3) is 0 Å². The van der Waals surface area contributed by atoms with Crippen molar-refractivity contribution >= 4 is 5.91 Å². The number of nitrogens with one attached hydrogen (secondary N) is 1. The molecule has 4 heteroatoms. The highest BCUT2D eigenvalue weighted by molar-refractivity contribution is 5.76. The Morgan fingerprint density at radius 1 is 1.39 bits per heavy atom. The van der Waals surface area contributed by atoms with Crippen molar-refractivity contribution in [1.29, 1.82) is 0 Å². The molecule has 1 saturated heterocycles. The number of hydrogen-bond donors (Lipinski definition) is 1. The summed E-state index contributed by atoms with van der Waals surface area (Å²) in [4.78, 5) is 13.7. The van der Waals surface area contributed by atoms with Crippen LogP contribution in [-0.4, -0.2) is 48.7 Å². The average molecular weight is 256 g/mol. The normalized spacial score (nSPS) is 22.8. The van der Waals surface area contributed by atoms with Crippen LogP contribution in [0, 0.1) is 0 Å². The van der Waals surface area contributed by atoms with Gasteiger partial charge in [0.1, 0.15) is 0 Å². The maximum Gasteiger partial charge on any atom is 0.223 e. The molecular weight excluding hydrogens is 228 g/mol. The fraction of sp³-hybridized carbons (Fsp3) is 0.929. The third kappa shape index (κ3) is 4.94. The van der Waals surface area contributed by atoms with E-state index in [1.54, 1.807) is 0 Å². The van der Waals surface area contributed by atoms with E-state index >= 15 is 0 Å². The Labute approximate surface area is 111 Å². The largest absolute Gasteiger partial charge is 0.375 e. The van der Waals surface area contributed by atoms with Gasteiger partial charge in [0.15, 0.2) is 0 Å². The van der Waals surface area contributed by atoms with Crippen LogP contribution in [-0.2, 0) is 9.53 Å². The average Bonchev–Trinajstić information content (AvgIpc) is 2.29. The van der Waals surface area contributed by atoms with Gasteiger partial charge in [-0.3, -0.25) is 4.79 Å². The van der Waals surface area contributed by atoms with E-state index in [1.807, 2.05) is 18.7 Å². The van der Waals surface area contributed by atoms with Crippen LogP contribution < -0.4 is 5.32 Å². The molecule has 4 nitrogen and oxygen atoms in total. The maximum absolute atomic E-state index is 11.8. The van der Waals surface area contributed by atoms with E-state index in [9.17, 15) is 4.79 Å². The van der Waals surface area contributed by atoms with Crippen molar-refractivity contribution in [3.63, 3.8) is 0 Å². The SMILES string of the molecule is CCN(CC)C(=O)CCNC1CCOC(C)(C)C1. The fourth-order valence-corrected chi connectivity index (χ4v) is 2.52. The van der Waals surface area contributed by atoms with Gasteiger partial charge in [-0.1, -0.05) is 0 Å². The second-order valence-corrected chi connectivity index (χ2v) is 5.57. The van der Waals surface area contributed by atoms with Crippen LogP contribution in [0.2, 0.25) is 0 Å². The lowest BCUT2D eigenvalue weighted by Gasteiger charge is -2.36. The first-order valence-corrected chi connectivity index (χ1v) is 7.13. The topological polar surface area (TPSA) is 41.6 Å². The van der Waals surface area contributed by atoms with Crippen LogP contribution in [0.15, 0.2) is 0 Å². The number of ether oxygens (including phenoxy) is 1. The quantitative estimate of drug-likeness (QED) is 0.788. The standard InChI is InChI=1S/C14H28N2O2/c1-5-16(6-2)13(17)7-9-15-12-8-10-18-14(3,4)11-12/h12,15H,5-11H2,1-4H3. The summed E-state index contributed by atoms with van der Waals surface area (Å²) in [5.74, 6) is 0.249. The van der Waals surface area contributed by atoms with Crippen molar-refractivity contribution in [2.45, 2.75) is 58.6 Å². The number of nitrogens with zero attached hydrogens (tertiary/aromatic N) is 1. The first-order valence-electron chi connectivity index (χ1n) is 7.13. The molecule has 18 heavy (non-hydrogen) atoms. The minimum absolute atomic E-state index is 0.0290. The molecule has 1 heterocycles. The van der Waals surface area contributed by atoms with E-state index in [0.29, 0.717) is 12.5 Å². The summed E-state index contributed by atoms with van der Waals surface area (Å²) in [5, 5.41) is 3.48. The predicted octanol–water partition coefficient (Wildman–Crippen LogP) is 1.79. The van der Waals surface area contributed by atoms with Crippen LogP contribution in [0.1, 0.15) is 47.0 Å². The van der Waals surface area contributed by atoms with Gasteiger partial charge in [-0.05, 0) is 40.5 Å². The molecule has 0 aromatic rings. The second-order valence-electron chi connectivity index (χ2n) is 5.57. The van der Waals surface area contributed by atoms with Gasteiger partial charge in [0.05, 0.1) is 5.60 Å². The number of amides is 1. The van der Waals surface area contributed by atoms with Crippen molar-refractivity contribution in [1.82, 2.24) is 10.2 Å². The molecule has 0 spiro atoms. The maximum atomic E-state index is 11.8. The van der Waals surface area contributed by atoms with Gasteiger partial charge >= 0.3 is 0 Å². The van der Waals surface area contributed by atoms with Gasteiger partial charge in [0.2, 0.25) is 5.91 Å². The molecule has 1 aliphatic rings. The molecule has 0 saturated carbocycles. The third-order valence-corrected chi connectivity index (χ3v) is 3.59. The van der Waals surface area contributed by atoms with Crippen LogP contribution in [0.5, 0.6) is 0 Å². The lowest BCUT2D eigenvalue weighted by molar-refractivity contribution is -0.130. The first-order chi connectivity index (χ1) is 8.48. The summed E-state index contributed by atoms with van der Waals surface area (Å²) in [6, 6.07) is 0.484. The molecule has 1 N–H and O–H groups in total. The van der Waals surface area contributed by atoms with Crippen molar-refractivity contribution in [3.05, 3.63) is 0 Å². The van der Waals surface area contributed by atoms with E-state index in [-0.39, 0.29) is 11.5 Å². The van der Waals surface area contributed by atoms with Crippen LogP contribution in [0.25, 0.3) is 0 Å². The van der Waals surface area contributed by atoms with Crippen molar-refractivity contribution in [2.24, 2.45) is 0 Å². The molecule has 106 valence electrons. The molecule has 0 aromatic heterocycles. The van der Waals surface area contributed by atoms with E-state index in [1.165, 1.54) is 0 Å². The van der Waals surface area contributed by atoms with Crippen molar-refractivity contribution < 1.29 is 9.53 Å². The molecular formula is C14H28N2O2. The fourth-order valence-electron chi connectivity index (χ4n) is 2.52. The number of rotatable bonds is 6. The van der Waals surface area contributed by atoms with Gasteiger partial charge in [-0.25, -0.2) is 0 Å². The van der Waals surface area contributed by atoms with Crippen LogP contribution in [0.3, 0.4) is 0 Å². The van der Waals surface area contributed by atoms with Gasteiger partial charge < -0.3 is 15.0 Å². The third-order valence-electron chi connectivity index (χ3n) is 3.59. The second kappa shape index (κ2) is 7.10. The molecule has 1 rings (SSSR count). The zero-order chi connectivity index (χ0) is 13.6. The number of hydrogen-bond acceptors (Lipinski definition) is 3. The lowest BCUT2D eigenvalue weighted by Crippen LogP contribution is -2.44. The molecule has 0 radical (unpaired) electrons. The van der Waals surface area contributed by atoms with E-state index in [0.717, 1.165) is 39.1 Å². The van der Waals surface area contributed by atoms with Crippen LogP contribution in [0.4, 0.5) is 0 Å². The Bertz CT molecular complexity index is 263. The van der Waals surface area contributed by atoms with Crippen LogP contribution >= 0.6 is 0 Å². The smallest absolute Gasteiger partial charge is 0.223 e. The highest BCUT2D eigenvalue weighted by Crippen LogP contribution is 2.23. The zero-order valence-electron chi connectivity index (χ0n) is 12.3. The van der Waals surface area contributed by atoms with E-state index in [4.69, 9.17) is 4.74 Å². The Morgan fingerprint density at radius 2 is 2.06 bits per heavy atom. The summed E-state index contributed by atoms with van der Waals surface area (Å²) in [6.45, 7) is 11.5. The number of carbonyl (C=O) groups excluding carboxylic acids is 1. The van der Waals surface area contributed by atoms with E-state index in [2.05, 4.69) is 19.2 Å². The summed E-state index contributed by atoms with van der Waals surface area (Å²) in [6.07, 6.45) is 2.66. The van der Waals surface area contributed by atoms with Gasteiger partial charge in [0, 0.05) is 38.7 Å². The summed E-state index contributed by atoms with van der Waals surface area (Å²) >= 11 is 0. The van der Waals surface area contributed by atoms with Gasteiger partial charge in [-0.2, -0.15) is 0 Å². The van der Waals surface area contributed by atoms with E-state index < -0.39 is 0 Å². The molecule has 1 unspecified atom stereocenters. The minimum atomic E-state index is -0.0290. The summed E-state index contributed by atoms with van der Waals surface area (Å²) < 4.78 is 5.68. The molecule has 1 fully saturated rings. The number of carbonyl (C=O) groups is 1. The minimum Gasteiger partial charge on any atom is -0.375 e. The Morgan fingerprint density at radius 3 is 2.61 bits per heavy atom. The molecule has 1 amide bonds. The Hall–Kier alpha value is -0.610. The lowest BCUT2D eigenvalue weighted by atomic mass is 9.94. The molecule has 0 aliphatic carbocycles. The Balaban J connectivity index is 2.23. The Kier molecular flexibility index (Phi) is 6.09. The first kappa shape index (κ1) is 15.4. The summed E-state index contributed by atoms with van der Waals surface area (Å²) in [5.41, 5.74) is -0.0290. The van der Waals surface area contributed by atoms with Crippen molar-refractivity contribution in [3.8, 4) is 0 Å². The predicted molar refractivity (Wildman–Crippen MR) is 73.6 cm³/mol. The summed E-state index contributed by atoms with van der Waals surface area (Å²) in [7, 11) is 0. The van der Waals surface area contributed by atoms with Crippen molar-refractivity contribution in [2.75, 3.05) is 26.2 Å². The highest BCUT2D eigenvalue weighted by Gasteiger charge is 2.28. The molecule has 0 aromatic carbocycles. The van der Waals surface area contributed by atoms with Gasteiger partial charge in [-0.15, -0.1) is 0 Å².